The Bertz CT molecular complexity index is 956. The summed E-state index contributed by atoms with van der Waals surface area (Å²) in [6.45, 7) is -2.92. The molecule has 0 aliphatic carbocycles. The Morgan fingerprint density at radius 2 is 1.81 bits per heavy atom. The summed E-state index contributed by atoms with van der Waals surface area (Å²) in [6, 6.07) is 11.2. The molecule has 2 aromatic carbocycles. The zero-order valence-corrected chi connectivity index (χ0v) is 13.6. The summed E-state index contributed by atoms with van der Waals surface area (Å²) >= 11 is 0. The summed E-state index contributed by atoms with van der Waals surface area (Å²) in [5.41, 5.74) is 1.14. The Balaban J connectivity index is 1.68. The Kier molecular flexibility index (Phi) is 5.06. The molecule has 0 saturated heterocycles. The summed E-state index contributed by atoms with van der Waals surface area (Å²) in [4.78, 5) is 22.4. The lowest BCUT2D eigenvalue weighted by molar-refractivity contribution is -0.384. The number of halogens is 2. The van der Waals surface area contributed by atoms with Crippen LogP contribution in [-0.2, 0) is 0 Å². The smallest absolute Gasteiger partial charge is 0.387 e. The molecule has 3 aromatic rings. The van der Waals surface area contributed by atoms with Crippen LogP contribution in [0.5, 0.6) is 5.75 Å². The molecule has 0 spiro atoms. The number of rotatable bonds is 6. The molecule has 27 heavy (non-hydrogen) atoms. The first-order valence-corrected chi connectivity index (χ1v) is 7.58. The second-order valence-corrected chi connectivity index (χ2v) is 5.30. The van der Waals surface area contributed by atoms with Crippen molar-refractivity contribution in [3.63, 3.8) is 0 Å². The van der Waals surface area contributed by atoms with Crippen LogP contribution in [0.4, 0.5) is 20.2 Å². The van der Waals surface area contributed by atoms with E-state index in [0.29, 0.717) is 11.4 Å². The van der Waals surface area contributed by atoms with Gasteiger partial charge in [0.05, 0.1) is 22.4 Å². The lowest BCUT2D eigenvalue weighted by atomic mass is 10.2. The average molecular weight is 374 g/mol. The van der Waals surface area contributed by atoms with Gasteiger partial charge in [-0.3, -0.25) is 14.9 Å². The standard InChI is InChI=1S/C17H12F2N4O4/c18-17(19)27-15-7-1-12(2-8-15)21-16(24)11-9-20-22(10-11)13-3-5-14(6-4-13)23(25)26/h1-10,17H,(H,21,24). The van der Waals surface area contributed by atoms with Crippen LogP contribution < -0.4 is 10.1 Å². The first-order chi connectivity index (χ1) is 12.9. The van der Waals surface area contributed by atoms with E-state index in [1.807, 2.05) is 0 Å². The maximum Gasteiger partial charge on any atom is 0.387 e. The van der Waals surface area contributed by atoms with Gasteiger partial charge >= 0.3 is 6.61 Å². The molecule has 0 unspecified atom stereocenters. The van der Waals surface area contributed by atoms with E-state index >= 15 is 0 Å². The number of nitro benzene ring substituents is 1. The van der Waals surface area contributed by atoms with Crippen LogP contribution in [0.2, 0.25) is 0 Å². The van der Waals surface area contributed by atoms with Crippen molar-refractivity contribution in [2.75, 3.05) is 5.32 Å². The predicted octanol–water partition coefficient (Wildman–Crippen LogP) is 3.63. The summed E-state index contributed by atoms with van der Waals surface area (Å²) in [5.74, 6) is -0.473. The number of non-ortho nitro benzene ring substituents is 1. The number of benzene rings is 2. The third-order valence-corrected chi connectivity index (χ3v) is 3.51. The number of nitrogens with zero attached hydrogens (tertiary/aromatic N) is 3. The zero-order chi connectivity index (χ0) is 19.4. The Morgan fingerprint density at radius 1 is 1.15 bits per heavy atom. The van der Waals surface area contributed by atoms with Crippen LogP contribution in [0.25, 0.3) is 5.69 Å². The van der Waals surface area contributed by atoms with Gasteiger partial charge in [-0.1, -0.05) is 0 Å². The summed E-state index contributed by atoms with van der Waals surface area (Å²) in [6.07, 6.45) is 2.80. The van der Waals surface area contributed by atoms with Crippen LogP contribution in [0, 0.1) is 10.1 Å². The number of amides is 1. The number of ether oxygens (including phenoxy) is 1. The monoisotopic (exact) mass is 374 g/mol. The molecule has 1 amide bonds. The molecule has 0 bridgehead atoms. The van der Waals surface area contributed by atoms with Crippen LogP contribution >= 0.6 is 0 Å². The highest BCUT2D eigenvalue weighted by molar-refractivity contribution is 6.04. The van der Waals surface area contributed by atoms with Gasteiger partial charge in [0.1, 0.15) is 5.75 Å². The van der Waals surface area contributed by atoms with E-state index < -0.39 is 17.4 Å². The predicted molar refractivity (Wildman–Crippen MR) is 91.2 cm³/mol. The van der Waals surface area contributed by atoms with E-state index in [-0.39, 0.29) is 17.0 Å². The maximum absolute atomic E-state index is 12.3. The Labute approximate surface area is 151 Å². The van der Waals surface area contributed by atoms with Gasteiger partial charge in [-0.15, -0.1) is 0 Å². The van der Waals surface area contributed by atoms with Gasteiger partial charge in [-0.2, -0.15) is 13.9 Å². The van der Waals surface area contributed by atoms with Crippen molar-refractivity contribution in [2.45, 2.75) is 6.61 Å². The van der Waals surface area contributed by atoms with E-state index in [1.165, 1.54) is 65.6 Å². The number of anilines is 1. The number of hydrogen-bond donors (Lipinski definition) is 1. The van der Waals surface area contributed by atoms with Gasteiger partial charge in [0.25, 0.3) is 11.6 Å². The SMILES string of the molecule is O=C(Nc1ccc(OC(F)F)cc1)c1cnn(-c2ccc([N+](=O)[O-])cc2)c1. The van der Waals surface area contributed by atoms with Crippen molar-refractivity contribution in [3.8, 4) is 11.4 Å². The van der Waals surface area contributed by atoms with Crippen LogP contribution in [0.15, 0.2) is 60.9 Å². The van der Waals surface area contributed by atoms with Crippen molar-refractivity contribution in [3.05, 3.63) is 76.6 Å². The molecule has 1 N–H and O–H groups in total. The largest absolute Gasteiger partial charge is 0.435 e. The zero-order valence-electron chi connectivity index (χ0n) is 13.6. The number of carbonyl (C=O) groups is 1. The number of nitro groups is 1. The molecule has 8 nitrogen and oxygen atoms in total. The fraction of sp³-hybridized carbons (Fsp3) is 0.0588. The molecule has 0 saturated carbocycles. The molecular formula is C17H12F2N4O4. The van der Waals surface area contributed by atoms with E-state index in [4.69, 9.17) is 0 Å². The number of aromatic nitrogens is 2. The second-order valence-electron chi connectivity index (χ2n) is 5.30. The highest BCUT2D eigenvalue weighted by Gasteiger charge is 2.12. The topological polar surface area (TPSA) is 99.3 Å². The normalized spacial score (nSPS) is 10.6. The molecule has 1 aromatic heterocycles. The third-order valence-electron chi connectivity index (χ3n) is 3.51. The molecule has 0 atom stereocenters. The first kappa shape index (κ1) is 18.0. The van der Waals surface area contributed by atoms with E-state index in [2.05, 4.69) is 15.2 Å². The molecule has 0 radical (unpaired) electrons. The minimum atomic E-state index is -2.92. The van der Waals surface area contributed by atoms with Gasteiger partial charge < -0.3 is 10.1 Å². The van der Waals surface area contributed by atoms with E-state index in [0.717, 1.165) is 0 Å². The molecule has 0 fully saturated rings. The molecule has 138 valence electrons. The Hall–Kier alpha value is -3.82. The van der Waals surface area contributed by atoms with Gasteiger partial charge in [-0.05, 0) is 36.4 Å². The fourth-order valence-corrected chi connectivity index (χ4v) is 2.23. The van der Waals surface area contributed by atoms with Crippen molar-refractivity contribution in [2.24, 2.45) is 0 Å². The number of nitrogens with one attached hydrogen (secondary N) is 1. The van der Waals surface area contributed by atoms with Crippen LogP contribution in [0.3, 0.4) is 0 Å². The minimum Gasteiger partial charge on any atom is -0.435 e. The lowest BCUT2D eigenvalue weighted by Gasteiger charge is -2.06. The average Bonchev–Trinajstić information content (AvgIpc) is 3.13. The van der Waals surface area contributed by atoms with E-state index in [1.54, 1.807) is 0 Å². The van der Waals surface area contributed by atoms with E-state index in [9.17, 15) is 23.7 Å². The van der Waals surface area contributed by atoms with Crippen molar-refractivity contribution >= 4 is 17.3 Å². The molecule has 3 rings (SSSR count). The first-order valence-electron chi connectivity index (χ1n) is 7.58. The highest BCUT2D eigenvalue weighted by atomic mass is 19.3. The molecule has 0 aliphatic heterocycles. The van der Waals surface area contributed by atoms with Crippen molar-refractivity contribution < 1.29 is 23.2 Å². The molecule has 0 aliphatic rings. The quantitative estimate of drug-likeness (QED) is 0.525. The molecule has 1 heterocycles. The van der Waals surface area contributed by atoms with Gasteiger partial charge in [0.2, 0.25) is 0 Å². The summed E-state index contributed by atoms with van der Waals surface area (Å²) in [5, 5.41) is 17.3. The summed E-state index contributed by atoms with van der Waals surface area (Å²) in [7, 11) is 0. The summed E-state index contributed by atoms with van der Waals surface area (Å²) < 4.78 is 29.9. The van der Waals surface area contributed by atoms with Gasteiger partial charge in [-0.25, -0.2) is 4.68 Å². The lowest BCUT2D eigenvalue weighted by Crippen LogP contribution is -2.11. The molecular weight excluding hydrogens is 362 g/mol. The Morgan fingerprint density at radius 3 is 2.41 bits per heavy atom. The molecule has 10 heteroatoms. The van der Waals surface area contributed by atoms with Crippen LogP contribution in [0.1, 0.15) is 10.4 Å². The number of carbonyl (C=O) groups excluding carboxylic acids is 1. The fourth-order valence-electron chi connectivity index (χ4n) is 2.23. The van der Waals surface area contributed by atoms with Gasteiger partial charge in [0, 0.05) is 24.0 Å². The van der Waals surface area contributed by atoms with Crippen LogP contribution in [-0.4, -0.2) is 27.2 Å². The second kappa shape index (κ2) is 7.60. The minimum absolute atomic E-state index is 0.0195. The van der Waals surface area contributed by atoms with Gasteiger partial charge in [0.15, 0.2) is 0 Å². The number of hydrogen-bond acceptors (Lipinski definition) is 5. The third kappa shape index (κ3) is 4.42. The maximum atomic E-state index is 12.3. The van der Waals surface area contributed by atoms with Crippen molar-refractivity contribution in [1.82, 2.24) is 9.78 Å². The highest BCUT2D eigenvalue weighted by Crippen LogP contribution is 2.19. The number of alkyl halides is 2. The van der Waals surface area contributed by atoms with Crippen molar-refractivity contribution in [1.29, 1.82) is 0 Å².